The number of imidazole rings is 1. The summed E-state index contributed by atoms with van der Waals surface area (Å²) in [6.07, 6.45) is 6.84. The van der Waals surface area contributed by atoms with Gasteiger partial charge in [0.15, 0.2) is 9.97 Å². The zero-order chi connectivity index (χ0) is 18.8. The monoisotopic (exact) mass is 397 g/mol. The van der Waals surface area contributed by atoms with Crippen LogP contribution in [-0.2, 0) is 0 Å². The lowest BCUT2D eigenvalue weighted by molar-refractivity contribution is 0.104. The van der Waals surface area contributed by atoms with Gasteiger partial charge in [-0.25, -0.2) is 9.97 Å². The van der Waals surface area contributed by atoms with Crippen LogP contribution in [0, 0.1) is 0 Å². The second kappa shape index (κ2) is 7.34. The average molecular weight is 397 g/mol. The van der Waals surface area contributed by atoms with Crippen LogP contribution in [0.2, 0.25) is 0 Å². The summed E-state index contributed by atoms with van der Waals surface area (Å²) in [6.45, 7) is 0. The highest BCUT2D eigenvalue weighted by molar-refractivity contribution is 7.15. The van der Waals surface area contributed by atoms with Gasteiger partial charge in [0.05, 0.1) is 19.9 Å². The highest BCUT2D eigenvalue weighted by Crippen LogP contribution is 2.36. The maximum Gasteiger partial charge on any atom is 0.214 e. The van der Waals surface area contributed by atoms with Crippen molar-refractivity contribution < 1.29 is 14.3 Å². The van der Waals surface area contributed by atoms with Gasteiger partial charge in [-0.05, 0) is 30.4 Å². The number of aromatic nitrogens is 3. The molecule has 3 heterocycles. The minimum atomic E-state index is -0.140. The normalized spacial score (nSPS) is 11.3. The summed E-state index contributed by atoms with van der Waals surface area (Å²) < 4.78 is 12.8. The van der Waals surface area contributed by atoms with Gasteiger partial charge in [0.1, 0.15) is 17.2 Å². The summed E-state index contributed by atoms with van der Waals surface area (Å²) in [5, 5.41) is 4.19. The third kappa shape index (κ3) is 3.24. The summed E-state index contributed by atoms with van der Waals surface area (Å²) >= 11 is 2.84. The Bertz CT molecular complexity index is 1130. The number of fused-ring (bicyclic) bond motifs is 1. The lowest BCUT2D eigenvalue weighted by Crippen LogP contribution is -1.95. The molecule has 4 rings (SSSR count). The molecule has 0 N–H and O–H groups in total. The maximum absolute atomic E-state index is 12.3. The fraction of sp³-hybridized carbons (Fsp3) is 0.105. The van der Waals surface area contributed by atoms with E-state index >= 15 is 0 Å². The maximum atomic E-state index is 12.3. The molecule has 0 unspecified atom stereocenters. The molecule has 0 atom stereocenters. The summed E-state index contributed by atoms with van der Waals surface area (Å²) in [4.78, 5) is 22.0. The summed E-state index contributed by atoms with van der Waals surface area (Å²) in [5.41, 5.74) is 2.32. The van der Waals surface area contributed by atoms with Gasteiger partial charge in [-0.15, -0.1) is 22.7 Å². The Morgan fingerprint density at radius 1 is 1.19 bits per heavy atom. The number of carbonyl (C=O) groups is 1. The van der Waals surface area contributed by atoms with Gasteiger partial charge >= 0.3 is 0 Å². The van der Waals surface area contributed by atoms with Crippen molar-refractivity contribution in [3.63, 3.8) is 0 Å². The Hall–Kier alpha value is -2.97. The smallest absolute Gasteiger partial charge is 0.214 e. The standard InChI is InChI=1S/C19H15N3O3S2/c1-24-12-3-6-16(25-2)13(11-12)17-14(22-8-10-27-19(22)21-17)4-5-15(23)18-20-7-9-26-18/h3-11H,1-2H3/b5-4+. The van der Waals surface area contributed by atoms with Crippen molar-refractivity contribution in [2.24, 2.45) is 0 Å². The van der Waals surface area contributed by atoms with E-state index in [4.69, 9.17) is 14.5 Å². The van der Waals surface area contributed by atoms with Crippen LogP contribution in [0.1, 0.15) is 15.5 Å². The van der Waals surface area contributed by atoms with Gasteiger partial charge in [-0.1, -0.05) is 0 Å². The molecule has 0 amide bonds. The van der Waals surface area contributed by atoms with Crippen molar-refractivity contribution in [3.05, 3.63) is 58.1 Å². The minimum Gasteiger partial charge on any atom is -0.497 e. The number of ether oxygens (including phenoxy) is 2. The topological polar surface area (TPSA) is 65.7 Å². The fourth-order valence-electron chi connectivity index (χ4n) is 2.73. The molecule has 136 valence electrons. The summed E-state index contributed by atoms with van der Waals surface area (Å²) in [5.74, 6) is 1.25. The molecule has 0 bridgehead atoms. The van der Waals surface area contributed by atoms with E-state index < -0.39 is 0 Å². The zero-order valence-electron chi connectivity index (χ0n) is 14.6. The van der Waals surface area contributed by atoms with Gasteiger partial charge in [-0.2, -0.15) is 0 Å². The Morgan fingerprint density at radius 2 is 2.07 bits per heavy atom. The lowest BCUT2D eigenvalue weighted by Gasteiger charge is -2.09. The predicted octanol–water partition coefficient (Wildman–Crippen LogP) is 4.43. The molecule has 4 aromatic rings. The number of hydrogen-bond acceptors (Lipinski definition) is 7. The summed E-state index contributed by atoms with van der Waals surface area (Å²) in [7, 11) is 3.23. The number of rotatable bonds is 6. The predicted molar refractivity (Wildman–Crippen MR) is 107 cm³/mol. The molecule has 27 heavy (non-hydrogen) atoms. The van der Waals surface area contributed by atoms with Crippen LogP contribution in [0.5, 0.6) is 11.5 Å². The highest BCUT2D eigenvalue weighted by atomic mass is 32.1. The largest absolute Gasteiger partial charge is 0.497 e. The van der Waals surface area contributed by atoms with E-state index in [1.807, 2.05) is 34.2 Å². The van der Waals surface area contributed by atoms with E-state index in [9.17, 15) is 4.79 Å². The number of nitrogens with zero attached hydrogens (tertiary/aromatic N) is 3. The van der Waals surface area contributed by atoms with E-state index in [0.29, 0.717) is 16.5 Å². The quantitative estimate of drug-likeness (QED) is 0.356. The number of benzene rings is 1. The van der Waals surface area contributed by atoms with Crippen molar-refractivity contribution >= 4 is 39.5 Å². The van der Waals surface area contributed by atoms with Crippen LogP contribution in [0.25, 0.3) is 22.3 Å². The average Bonchev–Trinajstić information content (AvgIpc) is 3.43. The van der Waals surface area contributed by atoms with E-state index in [2.05, 4.69) is 4.98 Å². The highest BCUT2D eigenvalue weighted by Gasteiger charge is 2.18. The molecule has 0 saturated heterocycles. The van der Waals surface area contributed by atoms with E-state index in [1.165, 1.54) is 28.7 Å². The van der Waals surface area contributed by atoms with Crippen LogP contribution < -0.4 is 9.47 Å². The first-order valence-corrected chi connectivity index (χ1v) is 9.77. The third-order valence-electron chi connectivity index (χ3n) is 4.00. The van der Waals surface area contributed by atoms with Crippen LogP contribution in [0.3, 0.4) is 0 Å². The van der Waals surface area contributed by atoms with Crippen molar-refractivity contribution in [3.8, 4) is 22.8 Å². The van der Waals surface area contributed by atoms with Gasteiger partial charge in [0.2, 0.25) is 5.78 Å². The van der Waals surface area contributed by atoms with Crippen molar-refractivity contribution in [2.75, 3.05) is 14.2 Å². The first kappa shape index (κ1) is 17.4. The molecule has 0 aliphatic rings. The molecule has 0 saturated carbocycles. The van der Waals surface area contributed by atoms with Crippen LogP contribution in [0.4, 0.5) is 0 Å². The first-order chi connectivity index (χ1) is 13.2. The summed E-state index contributed by atoms with van der Waals surface area (Å²) in [6, 6.07) is 5.56. The molecule has 3 aromatic heterocycles. The molecule has 6 nitrogen and oxygen atoms in total. The minimum absolute atomic E-state index is 0.140. The van der Waals surface area contributed by atoms with Crippen LogP contribution in [-0.4, -0.2) is 34.4 Å². The number of hydrogen-bond donors (Lipinski definition) is 0. The molecule has 0 radical (unpaired) electrons. The molecule has 0 spiro atoms. The SMILES string of the molecule is COc1ccc(OC)c(-c2nc3sccn3c2/C=C/C(=O)c2nccs2)c1. The second-order valence-corrected chi connectivity index (χ2v) is 7.27. The molecule has 8 heteroatoms. The van der Waals surface area contributed by atoms with Crippen molar-refractivity contribution in [2.45, 2.75) is 0 Å². The Morgan fingerprint density at radius 3 is 2.81 bits per heavy atom. The van der Waals surface area contributed by atoms with Gasteiger partial charge in [-0.3, -0.25) is 9.20 Å². The van der Waals surface area contributed by atoms with Gasteiger partial charge in [0.25, 0.3) is 0 Å². The van der Waals surface area contributed by atoms with Crippen molar-refractivity contribution in [1.82, 2.24) is 14.4 Å². The third-order valence-corrected chi connectivity index (χ3v) is 5.54. The zero-order valence-corrected chi connectivity index (χ0v) is 16.2. The molecule has 0 aliphatic carbocycles. The van der Waals surface area contributed by atoms with Crippen molar-refractivity contribution in [1.29, 1.82) is 0 Å². The van der Waals surface area contributed by atoms with Crippen LogP contribution in [0.15, 0.2) is 47.4 Å². The number of allylic oxidation sites excluding steroid dienone is 1. The van der Waals surface area contributed by atoms with Crippen LogP contribution >= 0.6 is 22.7 Å². The van der Waals surface area contributed by atoms with E-state index in [0.717, 1.165) is 21.9 Å². The first-order valence-electron chi connectivity index (χ1n) is 8.01. The molecular weight excluding hydrogens is 382 g/mol. The second-order valence-electron chi connectivity index (χ2n) is 5.50. The van der Waals surface area contributed by atoms with E-state index in [1.54, 1.807) is 31.9 Å². The Labute approximate surface area is 163 Å². The van der Waals surface area contributed by atoms with Gasteiger partial charge < -0.3 is 9.47 Å². The Balaban J connectivity index is 1.84. The van der Waals surface area contributed by atoms with Gasteiger partial charge in [0, 0.05) is 28.7 Å². The Kier molecular flexibility index (Phi) is 4.74. The fourth-order valence-corrected chi connectivity index (χ4v) is 4.01. The molecule has 1 aromatic carbocycles. The number of methoxy groups -OCH3 is 2. The molecule has 0 fully saturated rings. The van der Waals surface area contributed by atoms with E-state index in [-0.39, 0.29) is 5.78 Å². The molecular formula is C19H15N3O3S2. The number of ketones is 1. The molecule has 0 aliphatic heterocycles. The lowest BCUT2D eigenvalue weighted by atomic mass is 10.1. The number of thiazole rings is 2. The number of carbonyl (C=O) groups excluding carboxylic acids is 1.